The fourth-order valence-corrected chi connectivity index (χ4v) is 4.52. The van der Waals surface area contributed by atoms with E-state index in [9.17, 15) is 9.90 Å². The summed E-state index contributed by atoms with van der Waals surface area (Å²) in [4.78, 5) is 16.8. The monoisotopic (exact) mass is 477 g/mol. The fourth-order valence-electron chi connectivity index (χ4n) is 4.52. The van der Waals surface area contributed by atoms with Crippen LogP contribution >= 0.6 is 0 Å². The van der Waals surface area contributed by atoms with Gasteiger partial charge in [-0.1, -0.05) is 128 Å². The Bertz CT molecular complexity index is 595. The van der Waals surface area contributed by atoms with Crippen LogP contribution in [-0.2, 0) is 21.0 Å². The highest BCUT2D eigenvalue weighted by molar-refractivity contribution is 5.72. The van der Waals surface area contributed by atoms with E-state index in [1.165, 1.54) is 51.4 Å². The Morgan fingerprint density at radius 1 is 0.824 bits per heavy atom. The van der Waals surface area contributed by atoms with Gasteiger partial charge in [-0.2, -0.15) is 5.90 Å². The van der Waals surface area contributed by atoms with Gasteiger partial charge in [-0.05, 0) is 18.4 Å². The zero-order valence-electron chi connectivity index (χ0n) is 21.9. The van der Waals surface area contributed by atoms with E-state index in [0.717, 1.165) is 44.1 Å². The number of rotatable bonds is 22. The van der Waals surface area contributed by atoms with Gasteiger partial charge in [0.25, 0.3) is 0 Å². The molecule has 0 fully saturated rings. The van der Waals surface area contributed by atoms with Crippen LogP contribution in [0.4, 0.5) is 0 Å². The van der Waals surface area contributed by atoms with Gasteiger partial charge in [0.2, 0.25) is 0 Å². The van der Waals surface area contributed by atoms with Crippen molar-refractivity contribution in [2.24, 2.45) is 11.8 Å². The predicted molar refractivity (Wildman–Crippen MR) is 140 cm³/mol. The molecule has 1 aromatic carbocycles. The number of ether oxygens (including phenoxy) is 1. The minimum Gasteiger partial charge on any atom is -0.392 e. The molecule has 5 nitrogen and oxygen atoms in total. The Kier molecular flexibility index (Phi) is 18.8. The maximum absolute atomic E-state index is 12.3. The van der Waals surface area contributed by atoms with Gasteiger partial charge < -0.3 is 14.7 Å². The molecule has 196 valence electrons. The van der Waals surface area contributed by atoms with Gasteiger partial charge in [0, 0.05) is 6.42 Å². The Hall–Kier alpha value is -1.43. The van der Waals surface area contributed by atoms with Gasteiger partial charge in [0.05, 0.1) is 24.7 Å². The second kappa shape index (κ2) is 20.9. The van der Waals surface area contributed by atoms with Gasteiger partial charge in [-0.15, -0.1) is 0 Å². The van der Waals surface area contributed by atoms with Crippen molar-refractivity contribution >= 4 is 5.97 Å². The summed E-state index contributed by atoms with van der Waals surface area (Å²) in [6.45, 7) is 4.92. The number of hydrogen-bond acceptors (Lipinski definition) is 5. The van der Waals surface area contributed by atoms with Crippen LogP contribution in [0, 0.1) is 5.92 Å². The average Bonchev–Trinajstić information content (AvgIpc) is 2.86. The summed E-state index contributed by atoms with van der Waals surface area (Å²) in [5.74, 6) is 4.07. The second-order valence-electron chi connectivity index (χ2n) is 9.73. The summed E-state index contributed by atoms with van der Waals surface area (Å²) in [7, 11) is 0. The maximum Gasteiger partial charge on any atom is 0.330 e. The number of unbranched alkanes of at least 4 members (excludes halogenated alkanes) is 11. The molecule has 1 rings (SSSR count). The van der Waals surface area contributed by atoms with E-state index in [-0.39, 0.29) is 6.10 Å². The highest BCUT2D eigenvalue weighted by Crippen LogP contribution is 2.23. The number of carbonyl (C=O) groups excluding carboxylic acids is 1. The smallest absolute Gasteiger partial charge is 0.330 e. The first-order valence-corrected chi connectivity index (χ1v) is 13.9. The molecule has 1 aromatic rings. The van der Waals surface area contributed by atoms with Crippen molar-refractivity contribution in [3.05, 3.63) is 35.9 Å². The van der Waals surface area contributed by atoms with E-state index in [1.54, 1.807) is 0 Å². The number of aliphatic hydroxyl groups excluding tert-OH is 1. The lowest BCUT2D eigenvalue weighted by Crippen LogP contribution is -2.34. The Morgan fingerprint density at radius 3 is 1.94 bits per heavy atom. The summed E-state index contributed by atoms with van der Waals surface area (Å²) in [6, 6.07) is 10.1. The van der Waals surface area contributed by atoms with Gasteiger partial charge in [-0.3, -0.25) is 0 Å². The summed E-state index contributed by atoms with van der Waals surface area (Å²) in [5.41, 5.74) is 1.12. The van der Waals surface area contributed by atoms with Crippen molar-refractivity contribution in [2.75, 3.05) is 0 Å². The molecule has 0 heterocycles. The third kappa shape index (κ3) is 14.7. The van der Waals surface area contributed by atoms with Gasteiger partial charge >= 0.3 is 5.97 Å². The number of hydrogen-bond donors (Lipinski definition) is 2. The van der Waals surface area contributed by atoms with Gasteiger partial charge in [0.15, 0.2) is 0 Å². The first-order chi connectivity index (χ1) is 16.6. The SMILES string of the molecule is CCCCCCCCCCC[C@H](C[C@H](O)[C@H](CCCCCC)C(=O)ON)OCc1ccccc1. The van der Waals surface area contributed by atoms with E-state index in [4.69, 9.17) is 10.6 Å². The van der Waals surface area contributed by atoms with Gasteiger partial charge in [-0.25, -0.2) is 4.79 Å². The lowest BCUT2D eigenvalue weighted by molar-refractivity contribution is -0.154. The zero-order valence-corrected chi connectivity index (χ0v) is 21.9. The third-order valence-electron chi connectivity index (χ3n) is 6.71. The minimum absolute atomic E-state index is 0.0940. The van der Waals surface area contributed by atoms with E-state index < -0.39 is 18.0 Å². The molecule has 0 unspecified atom stereocenters. The summed E-state index contributed by atoms with van der Waals surface area (Å²) < 4.78 is 6.23. The molecule has 0 aromatic heterocycles. The lowest BCUT2D eigenvalue weighted by Gasteiger charge is -2.25. The van der Waals surface area contributed by atoms with Crippen LogP contribution in [0.1, 0.15) is 122 Å². The number of nitrogens with two attached hydrogens (primary N) is 1. The summed E-state index contributed by atoms with van der Waals surface area (Å²) >= 11 is 0. The molecule has 0 aliphatic carbocycles. The topological polar surface area (TPSA) is 81.8 Å². The van der Waals surface area contributed by atoms with Gasteiger partial charge in [0.1, 0.15) is 0 Å². The first-order valence-electron chi connectivity index (χ1n) is 13.9. The van der Waals surface area contributed by atoms with E-state index in [2.05, 4.69) is 18.7 Å². The van der Waals surface area contributed by atoms with Crippen molar-refractivity contribution in [3.8, 4) is 0 Å². The molecular weight excluding hydrogens is 426 g/mol. The standard InChI is InChI=1S/C29H51NO4/c1-3-5-7-9-10-11-12-13-17-21-26(33-24-25-19-15-14-16-20-25)23-28(31)27(29(32)34-30)22-18-8-6-4-2/h14-16,19-20,26-28,31H,3-13,17-18,21-24,30H2,1-2H3/t26-,27+,28+/m1/s1. The molecule has 0 bridgehead atoms. The quantitative estimate of drug-likeness (QED) is 0.136. The Labute approximate surface area is 208 Å². The van der Waals surface area contributed by atoms with Crippen LogP contribution in [0.2, 0.25) is 0 Å². The molecule has 34 heavy (non-hydrogen) atoms. The van der Waals surface area contributed by atoms with Crippen molar-refractivity contribution in [1.29, 1.82) is 0 Å². The van der Waals surface area contributed by atoms with Crippen LogP contribution in [0.5, 0.6) is 0 Å². The molecule has 0 aliphatic heterocycles. The number of carbonyl (C=O) groups is 1. The molecule has 0 radical (unpaired) electrons. The van der Waals surface area contributed by atoms with Crippen LogP contribution in [0.3, 0.4) is 0 Å². The molecule has 0 aliphatic rings. The predicted octanol–water partition coefficient (Wildman–Crippen LogP) is 7.25. The van der Waals surface area contributed by atoms with Crippen LogP contribution in [0.15, 0.2) is 30.3 Å². The van der Waals surface area contributed by atoms with Crippen molar-refractivity contribution in [1.82, 2.24) is 0 Å². The average molecular weight is 478 g/mol. The Balaban J connectivity index is 2.55. The van der Waals surface area contributed by atoms with E-state index >= 15 is 0 Å². The molecule has 3 N–H and O–H groups in total. The van der Waals surface area contributed by atoms with Crippen molar-refractivity contribution in [3.63, 3.8) is 0 Å². The minimum atomic E-state index is -0.808. The third-order valence-corrected chi connectivity index (χ3v) is 6.71. The summed E-state index contributed by atoms with van der Waals surface area (Å²) in [5, 5.41) is 10.9. The molecule has 5 heteroatoms. The van der Waals surface area contributed by atoms with E-state index in [0.29, 0.717) is 19.4 Å². The maximum atomic E-state index is 12.3. The van der Waals surface area contributed by atoms with Crippen LogP contribution in [0.25, 0.3) is 0 Å². The second-order valence-corrected chi connectivity index (χ2v) is 9.73. The fraction of sp³-hybridized carbons (Fsp3) is 0.759. The normalized spacial score (nSPS) is 14.0. The largest absolute Gasteiger partial charge is 0.392 e. The van der Waals surface area contributed by atoms with Crippen molar-refractivity contribution in [2.45, 2.75) is 135 Å². The number of aliphatic hydroxyl groups is 1. The first kappa shape index (κ1) is 30.6. The molecule has 0 saturated carbocycles. The highest BCUT2D eigenvalue weighted by Gasteiger charge is 2.30. The zero-order chi connectivity index (χ0) is 24.9. The van der Waals surface area contributed by atoms with Crippen LogP contribution in [-0.4, -0.2) is 23.3 Å². The molecular formula is C29H51NO4. The molecule has 0 saturated heterocycles. The van der Waals surface area contributed by atoms with Crippen LogP contribution < -0.4 is 5.90 Å². The molecule has 0 amide bonds. The Morgan fingerprint density at radius 2 is 1.35 bits per heavy atom. The molecule has 0 spiro atoms. The van der Waals surface area contributed by atoms with E-state index in [1.807, 2.05) is 30.3 Å². The number of benzene rings is 1. The highest BCUT2D eigenvalue weighted by atomic mass is 16.7. The molecule has 3 atom stereocenters. The lowest BCUT2D eigenvalue weighted by atomic mass is 9.90. The summed E-state index contributed by atoms with van der Waals surface area (Å²) in [6.07, 6.45) is 16.7. The van der Waals surface area contributed by atoms with Crippen molar-refractivity contribution < 1.29 is 19.5 Å².